The Bertz CT molecular complexity index is 1380. The van der Waals surface area contributed by atoms with Gasteiger partial charge in [-0.25, -0.2) is 9.67 Å². The van der Waals surface area contributed by atoms with Gasteiger partial charge < -0.3 is 9.80 Å². The Kier molecular flexibility index (Phi) is 5.79. The summed E-state index contributed by atoms with van der Waals surface area (Å²) in [6, 6.07) is 10.3. The van der Waals surface area contributed by atoms with Crippen molar-refractivity contribution in [2.45, 2.75) is 44.6 Å². The molecule has 0 radical (unpaired) electrons. The third-order valence-corrected chi connectivity index (χ3v) is 8.08. The van der Waals surface area contributed by atoms with Crippen LogP contribution in [0.25, 0.3) is 5.69 Å². The van der Waals surface area contributed by atoms with Gasteiger partial charge in [0.1, 0.15) is 4.60 Å². The highest BCUT2D eigenvalue weighted by atomic mass is 79.9. The summed E-state index contributed by atoms with van der Waals surface area (Å²) in [6.45, 7) is 7.12. The number of halogens is 1. The van der Waals surface area contributed by atoms with Crippen molar-refractivity contribution in [1.29, 1.82) is 0 Å². The number of aryl methyl sites for hydroxylation is 1. The Morgan fingerprint density at radius 1 is 1.14 bits per heavy atom. The molecule has 1 unspecified atom stereocenters. The van der Waals surface area contributed by atoms with E-state index in [0.717, 1.165) is 28.2 Å². The standard InChI is InChI=1S/C28H28BrN5O2/c1-3-26(35)32-12-10-22-27-23(34(31-22)20-8-6-19(7-9-20)18-4-5-18)11-13-33(24(27)16-32)28(36)21-15-30-25(29)14-17(21)2/h3,6-9,14-15,18,24H,1,4-5,10-13,16H2,2H3. The molecule has 6 rings (SSSR count). The average molecular weight is 546 g/mol. The van der Waals surface area contributed by atoms with Crippen LogP contribution in [0, 0.1) is 6.92 Å². The second-order valence-electron chi connectivity index (χ2n) is 9.91. The molecule has 4 heterocycles. The van der Waals surface area contributed by atoms with Crippen LogP contribution in [0.5, 0.6) is 0 Å². The minimum Gasteiger partial charge on any atom is -0.336 e. The summed E-state index contributed by atoms with van der Waals surface area (Å²) in [5.74, 6) is 0.522. The van der Waals surface area contributed by atoms with Crippen LogP contribution in [0.4, 0.5) is 0 Å². The molecule has 184 valence electrons. The fourth-order valence-electron chi connectivity index (χ4n) is 5.58. The first-order chi connectivity index (χ1) is 17.4. The van der Waals surface area contributed by atoms with Gasteiger partial charge in [-0.1, -0.05) is 18.7 Å². The summed E-state index contributed by atoms with van der Waals surface area (Å²) >= 11 is 3.39. The maximum Gasteiger partial charge on any atom is 0.256 e. The first-order valence-electron chi connectivity index (χ1n) is 12.5. The maximum absolute atomic E-state index is 13.8. The van der Waals surface area contributed by atoms with Crippen LogP contribution in [0.1, 0.15) is 63.2 Å². The molecule has 7 nitrogen and oxygen atoms in total. The van der Waals surface area contributed by atoms with E-state index >= 15 is 0 Å². The lowest BCUT2D eigenvalue weighted by molar-refractivity contribution is -0.126. The average Bonchev–Trinajstić information content (AvgIpc) is 3.69. The molecule has 3 aromatic rings. The van der Waals surface area contributed by atoms with Gasteiger partial charge in [0.15, 0.2) is 0 Å². The van der Waals surface area contributed by atoms with Gasteiger partial charge in [-0.05, 0) is 77.0 Å². The molecule has 1 aliphatic carbocycles. The molecule has 0 N–H and O–H groups in total. The molecule has 1 fully saturated rings. The Balaban J connectivity index is 1.41. The van der Waals surface area contributed by atoms with Crippen molar-refractivity contribution in [3.05, 3.63) is 87.4 Å². The van der Waals surface area contributed by atoms with Gasteiger partial charge in [0.2, 0.25) is 5.91 Å². The van der Waals surface area contributed by atoms with Gasteiger partial charge >= 0.3 is 0 Å². The Labute approximate surface area is 218 Å². The zero-order chi connectivity index (χ0) is 25.0. The zero-order valence-electron chi connectivity index (χ0n) is 20.3. The Hall–Kier alpha value is -3.26. The molecule has 8 heteroatoms. The summed E-state index contributed by atoms with van der Waals surface area (Å²) in [5.41, 5.74) is 7.08. The van der Waals surface area contributed by atoms with Crippen molar-refractivity contribution in [1.82, 2.24) is 24.6 Å². The van der Waals surface area contributed by atoms with Crippen LogP contribution in [0.2, 0.25) is 0 Å². The molecule has 2 amide bonds. The molecule has 1 saturated carbocycles. The minimum atomic E-state index is -0.273. The minimum absolute atomic E-state index is 0.0662. The van der Waals surface area contributed by atoms with Crippen molar-refractivity contribution < 1.29 is 9.59 Å². The number of benzene rings is 1. The lowest BCUT2D eigenvalue weighted by Gasteiger charge is -2.38. The highest BCUT2D eigenvalue weighted by Gasteiger charge is 2.40. The molecule has 1 aromatic carbocycles. The molecule has 2 aliphatic heterocycles. The third-order valence-electron chi connectivity index (χ3n) is 7.65. The van der Waals surface area contributed by atoms with Gasteiger partial charge in [0.25, 0.3) is 5.91 Å². The van der Waals surface area contributed by atoms with E-state index < -0.39 is 0 Å². The van der Waals surface area contributed by atoms with E-state index in [-0.39, 0.29) is 17.9 Å². The van der Waals surface area contributed by atoms with Gasteiger partial charge in [-0.2, -0.15) is 5.10 Å². The predicted molar refractivity (Wildman–Crippen MR) is 140 cm³/mol. The number of amides is 2. The molecular weight excluding hydrogens is 518 g/mol. The summed E-state index contributed by atoms with van der Waals surface area (Å²) in [7, 11) is 0. The van der Waals surface area contributed by atoms with E-state index in [1.807, 2.05) is 17.9 Å². The fourth-order valence-corrected chi connectivity index (χ4v) is 6.03. The molecule has 2 aromatic heterocycles. The molecule has 0 saturated heterocycles. The molecule has 1 atom stereocenters. The van der Waals surface area contributed by atoms with Crippen molar-refractivity contribution in [3.63, 3.8) is 0 Å². The summed E-state index contributed by atoms with van der Waals surface area (Å²) in [5, 5.41) is 5.04. The molecule has 0 bridgehead atoms. The largest absolute Gasteiger partial charge is 0.336 e. The van der Waals surface area contributed by atoms with Crippen molar-refractivity contribution >= 4 is 27.7 Å². The zero-order valence-corrected chi connectivity index (χ0v) is 21.9. The number of hydrogen-bond acceptors (Lipinski definition) is 4. The maximum atomic E-state index is 13.8. The van der Waals surface area contributed by atoms with Crippen LogP contribution >= 0.6 is 15.9 Å². The van der Waals surface area contributed by atoms with E-state index in [4.69, 9.17) is 5.10 Å². The monoisotopic (exact) mass is 545 g/mol. The van der Waals surface area contributed by atoms with Gasteiger partial charge in [-0.15, -0.1) is 0 Å². The topological polar surface area (TPSA) is 71.3 Å². The molecule has 36 heavy (non-hydrogen) atoms. The third kappa shape index (κ3) is 3.97. The summed E-state index contributed by atoms with van der Waals surface area (Å²) in [4.78, 5) is 34.4. The Morgan fingerprint density at radius 3 is 2.61 bits per heavy atom. The first-order valence-corrected chi connectivity index (χ1v) is 13.3. The van der Waals surface area contributed by atoms with Crippen LogP contribution in [-0.4, -0.2) is 56.0 Å². The lowest BCUT2D eigenvalue weighted by Crippen LogP contribution is -2.46. The number of rotatable bonds is 4. The van der Waals surface area contributed by atoms with E-state index in [1.54, 1.807) is 11.1 Å². The van der Waals surface area contributed by atoms with Crippen LogP contribution in [0.3, 0.4) is 0 Å². The van der Waals surface area contributed by atoms with Gasteiger partial charge in [0, 0.05) is 44.2 Å². The smallest absolute Gasteiger partial charge is 0.256 e. The van der Waals surface area contributed by atoms with Crippen molar-refractivity contribution in [3.8, 4) is 5.69 Å². The van der Waals surface area contributed by atoms with E-state index in [1.165, 1.54) is 24.5 Å². The Morgan fingerprint density at radius 2 is 1.92 bits per heavy atom. The molecule has 3 aliphatic rings. The van der Waals surface area contributed by atoms with Crippen LogP contribution < -0.4 is 0 Å². The number of pyridine rings is 1. The first kappa shape index (κ1) is 23.2. The fraction of sp³-hybridized carbons (Fsp3) is 0.357. The SMILES string of the molecule is C=CC(=O)N1CCc2nn(-c3ccc(C4CC4)cc3)c3c2C(C1)N(C(=O)c1cnc(Br)cc1C)CC3. The van der Waals surface area contributed by atoms with Crippen LogP contribution in [0.15, 0.2) is 53.8 Å². The van der Waals surface area contributed by atoms with E-state index in [2.05, 4.69) is 56.4 Å². The summed E-state index contributed by atoms with van der Waals surface area (Å²) < 4.78 is 2.76. The normalized spacial score (nSPS) is 19.0. The highest BCUT2D eigenvalue weighted by molar-refractivity contribution is 9.10. The molecule has 0 spiro atoms. The second-order valence-corrected chi connectivity index (χ2v) is 10.7. The van der Waals surface area contributed by atoms with Gasteiger partial charge in [-0.3, -0.25) is 9.59 Å². The number of hydrogen-bond donors (Lipinski definition) is 0. The summed E-state index contributed by atoms with van der Waals surface area (Å²) in [6.07, 6.45) is 6.88. The van der Waals surface area contributed by atoms with Crippen molar-refractivity contribution in [2.24, 2.45) is 0 Å². The predicted octanol–water partition coefficient (Wildman–Crippen LogP) is 4.53. The molecular formula is C28H28BrN5O2. The van der Waals surface area contributed by atoms with Crippen LogP contribution in [-0.2, 0) is 17.6 Å². The lowest BCUT2D eigenvalue weighted by atomic mass is 9.94. The number of aromatic nitrogens is 3. The second kappa shape index (κ2) is 9.00. The van der Waals surface area contributed by atoms with Crippen molar-refractivity contribution in [2.75, 3.05) is 19.6 Å². The highest BCUT2D eigenvalue weighted by Crippen LogP contribution is 2.41. The van der Waals surface area contributed by atoms with E-state index in [9.17, 15) is 9.59 Å². The van der Waals surface area contributed by atoms with Gasteiger partial charge in [0.05, 0.1) is 28.7 Å². The number of carbonyl (C=O) groups is 2. The quantitative estimate of drug-likeness (QED) is 0.356. The number of carbonyl (C=O) groups excluding carboxylic acids is 2. The number of nitrogens with zero attached hydrogens (tertiary/aromatic N) is 5. The van der Waals surface area contributed by atoms with E-state index in [0.29, 0.717) is 48.6 Å².